The average molecular weight is 232 g/mol. The molecular weight excluding hydrogens is 216 g/mol. The first kappa shape index (κ1) is 11.5. The van der Waals surface area contributed by atoms with Gasteiger partial charge in [0.15, 0.2) is 11.5 Å². The molecule has 0 atom stereocenters. The summed E-state index contributed by atoms with van der Waals surface area (Å²) in [5.74, 6) is 1.47. The second-order valence-electron chi connectivity index (χ2n) is 3.84. The van der Waals surface area contributed by atoms with Crippen molar-refractivity contribution in [3.63, 3.8) is 0 Å². The molecule has 2 rings (SSSR count). The fourth-order valence-corrected chi connectivity index (χ4v) is 1.96. The lowest BCUT2D eigenvalue weighted by atomic mass is 10.1. The summed E-state index contributed by atoms with van der Waals surface area (Å²) in [5, 5.41) is 4.34. The Morgan fingerprint density at radius 2 is 1.88 bits per heavy atom. The Morgan fingerprint density at radius 3 is 2.41 bits per heavy atom. The van der Waals surface area contributed by atoms with Crippen LogP contribution in [0.3, 0.4) is 0 Å². The van der Waals surface area contributed by atoms with Crippen molar-refractivity contribution in [3.8, 4) is 22.6 Å². The van der Waals surface area contributed by atoms with Gasteiger partial charge in [-0.15, -0.1) is 0 Å². The molecule has 0 saturated heterocycles. The molecule has 0 fully saturated rings. The maximum Gasteiger partial charge on any atom is 0.168 e. The van der Waals surface area contributed by atoms with Gasteiger partial charge in [0.05, 0.1) is 19.9 Å². The normalized spacial score (nSPS) is 10.4. The van der Waals surface area contributed by atoms with Gasteiger partial charge in [-0.1, -0.05) is 12.1 Å². The Morgan fingerprint density at radius 1 is 1.12 bits per heavy atom. The van der Waals surface area contributed by atoms with Crippen LogP contribution in [0.15, 0.2) is 24.4 Å². The minimum Gasteiger partial charge on any atom is -0.493 e. The summed E-state index contributed by atoms with van der Waals surface area (Å²) in [5.41, 5.74) is 3.03. The number of nitrogens with zero attached hydrogens (tertiary/aromatic N) is 2. The van der Waals surface area contributed by atoms with E-state index in [2.05, 4.69) is 5.10 Å². The lowest BCUT2D eigenvalue weighted by Crippen LogP contribution is -1.93. The number of aryl methyl sites for hydroxylation is 2. The van der Waals surface area contributed by atoms with E-state index >= 15 is 0 Å². The van der Waals surface area contributed by atoms with Crippen molar-refractivity contribution in [3.05, 3.63) is 30.1 Å². The monoisotopic (exact) mass is 232 g/mol. The molecule has 1 aromatic carbocycles. The van der Waals surface area contributed by atoms with Crippen LogP contribution in [0.5, 0.6) is 11.5 Å². The molecule has 0 radical (unpaired) electrons. The molecule has 0 unspecified atom stereocenters. The maximum atomic E-state index is 5.42. The third-order valence-corrected chi connectivity index (χ3v) is 2.71. The smallest absolute Gasteiger partial charge is 0.168 e. The molecule has 4 heteroatoms. The van der Waals surface area contributed by atoms with E-state index in [0.29, 0.717) is 0 Å². The van der Waals surface area contributed by atoms with Gasteiger partial charge >= 0.3 is 0 Å². The van der Waals surface area contributed by atoms with E-state index in [-0.39, 0.29) is 0 Å². The number of ether oxygens (including phenoxy) is 2. The fourth-order valence-electron chi connectivity index (χ4n) is 1.96. The van der Waals surface area contributed by atoms with E-state index < -0.39 is 0 Å². The van der Waals surface area contributed by atoms with Crippen LogP contribution in [-0.4, -0.2) is 24.0 Å². The summed E-state index contributed by atoms with van der Waals surface area (Å²) < 4.78 is 12.5. The first-order valence-corrected chi connectivity index (χ1v) is 5.39. The van der Waals surface area contributed by atoms with Crippen LogP contribution in [0, 0.1) is 6.92 Å². The molecule has 0 N–H and O–H groups in total. The SMILES string of the molecule is COc1cccc(-c2cn(C)nc2C)c1OC. The quantitative estimate of drug-likeness (QED) is 0.815. The van der Waals surface area contributed by atoms with Crippen molar-refractivity contribution in [2.75, 3.05) is 14.2 Å². The number of rotatable bonds is 3. The van der Waals surface area contributed by atoms with Gasteiger partial charge in [-0.05, 0) is 13.0 Å². The molecule has 17 heavy (non-hydrogen) atoms. The van der Waals surface area contributed by atoms with Gasteiger partial charge in [0.1, 0.15) is 0 Å². The van der Waals surface area contributed by atoms with Crippen molar-refractivity contribution in [2.45, 2.75) is 6.92 Å². The lowest BCUT2D eigenvalue weighted by Gasteiger charge is -2.11. The topological polar surface area (TPSA) is 36.3 Å². The fraction of sp³-hybridized carbons (Fsp3) is 0.308. The number of hydrogen-bond donors (Lipinski definition) is 0. The van der Waals surface area contributed by atoms with E-state index in [1.807, 2.05) is 38.4 Å². The lowest BCUT2D eigenvalue weighted by molar-refractivity contribution is 0.356. The second kappa shape index (κ2) is 4.49. The number of methoxy groups -OCH3 is 2. The highest BCUT2D eigenvalue weighted by molar-refractivity contribution is 5.74. The third kappa shape index (κ3) is 1.98. The Bertz CT molecular complexity index is 532. The standard InChI is InChI=1S/C13H16N2O2/c1-9-11(8-15(2)14-9)10-6-5-7-12(16-3)13(10)17-4/h5-8H,1-4H3. The first-order chi connectivity index (χ1) is 8.17. The summed E-state index contributed by atoms with van der Waals surface area (Å²) >= 11 is 0. The predicted octanol–water partition coefficient (Wildman–Crippen LogP) is 2.41. The molecule has 0 aliphatic rings. The number of aromatic nitrogens is 2. The molecule has 1 aromatic heterocycles. The Balaban J connectivity index is 2.62. The van der Waals surface area contributed by atoms with E-state index in [1.165, 1.54) is 0 Å². The van der Waals surface area contributed by atoms with Crippen LogP contribution in [0.1, 0.15) is 5.69 Å². The van der Waals surface area contributed by atoms with Gasteiger partial charge in [0.2, 0.25) is 0 Å². The zero-order chi connectivity index (χ0) is 12.4. The molecule has 1 heterocycles. The van der Waals surface area contributed by atoms with Crippen LogP contribution in [-0.2, 0) is 7.05 Å². The highest BCUT2D eigenvalue weighted by Gasteiger charge is 2.14. The molecule has 0 amide bonds. The molecule has 0 aliphatic heterocycles. The van der Waals surface area contributed by atoms with Gasteiger partial charge in [-0.25, -0.2) is 0 Å². The highest BCUT2D eigenvalue weighted by Crippen LogP contribution is 2.38. The zero-order valence-corrected chi connectivity index (χ0v) is 10.5. The molecule has 0 spiro atoms. The van der Waals surface area contributed by atoms with Gasteiger partial charge in [0.25, 0.3) is 0 Å². The van der Waals surface area contributed by atoms with Crippen LogP contribution in [0.25, 0.3) is 11.1 Å². The van der Waals surface area contributed by atoms with Gasteiger partial charge < -0.3 is 9.47 Å². The predicted molar refractivity (Wildman–Crippen MR) is 66.5 cm³/mol. The maximum absolute atomic E-state index is 5.42. The van der Waals surface area contributed by atoms with Crippen molar-refractivity contribution in [2.24, 2.45) is 7.05 Å². The minimum atomic E-state index is 0.730. The van der Waals surface area contributed by atoms with Crippen LogP contribution in [0.4, 0.5) is 0 Å². The summed E-state index contributed by atoms with van der Waals surface area (Å²) in [6.07, 6.45) is 1.98. The highest BCUT2D eigenvalue weighted by atomic mass is 16.5. The molecular formula is C13H16N2O2. The Kier molecular flexibility index (Phi) is 3.04. The number of benzene rings is 1. The zero-order valence-electron chi connectivity index (χ0n) is 10.5. The van der Waals surface area contributed by atoms with Gasteiger partial charge in [0, 0.05) is 24.4 Å². The largest absolute Gasteiger partial charge is 0.493 e. The van der Waals surface area contributed by atoms with E-state index in [4.69, 9.17) is 9.47 Å². The summed E-state index contributed by atoms with van der Waals surface area (Å²) in [7, 11) is 5.19. The van der Waals surface area contributed by atoms with Crippen LogP contribution < -0.4 is 9.47 Å². The van der Waals surface area contributed by atoms with Crippen LogP contribution in [0.2, 0.25) is 0 Å². The Labute approximate surface area is 101 Å². The summed E-state index contributed by atoms with van der Waals surface area (Å²) in [6, 6.07) is 5.84. The van der Waals surface area contributed by atoms with E-state index in [0.717, 1.165) is 28.3 Å². The van der Waals surface area contributed by atoms with Crippen molar-refractivity contribution < 1.29 is 9.47 Å². The minimum absolute atomic E-state index is 0.730. The van der Waals surface area contributed by atoms with Crippen LogP contribution >= 0.6 is 0 Å². The van der Waals surface area contributed by atoms with Crippen molar-refractivity contribution in [1.82, 2.24) is 9.78 Å². The van der Waals surface area contributed by atoms with Gasteiger partial charge in [-0.2, -0.15) is 5.10 Å². The second-order valence-corrected chi connectivity index (χ2v) is 3.84. The molecule has 90 valence electrons. The molecule has 0 saturated carbocycles. The number of para-hydroxylation sites is 1. The van der Waals surface area contributed by atoms with Crippen molar-refractivity contribution >= 4 is 0 Å². The average Bonchev–Trinajstić information content (AvgIpc) is 2.67. The summed E-state index contributed by atoms with van der Waals surface area (Å²) in [4.78, 5) is 0. The van der Waals surface area contributed by atoms with E-state index in [1.54, 1.807) is 18.9 Å². The summed E-state index contributed by atoms with van der Waals surface area (Å²) in [6.45, 7) is 1.98. The first-order valence-electron chi connectivity index (χ1n) is 5.39. The molecule has 4 nitrogen and oxygen atoms in total. The van der Waals surface area contributed by atoms with Crippen molar-refractivity contribution in [1.29, 1.82) is 0 Å². The number of hydrogen-bond acceptors (Lipinski definition) is 3. The van der Waals surface area contributed by atoms with E-state index in [9.17, 15) is 0 Å². The molecule has 0 aliphatic carbocycles. The third-order valence-electron chi connectivity index (χ3n) is 2.71. The molecule has 2 aromatic rings. The molecule has 0 bridgehead atoms. The van der Waals surface area contributed by atoms with Gasteiger partial charge in [-0.3, -0.25) is 4.68 Å². The Hall–Kier alpha value is -1.97.